The van der Waals surface area contributed by atoms with Gasteiger partial charge in [-0.05, 0) is 59.5 Å². The van der Waals surface area contributed by atoms with Crippen molar-refractivity contribution in [3.05, 3.63) is 32.4 Å². The highest BCUT2D eigenvalue weighted by Crippen LogP contribution is 2.23. The lowest BCUT2D eigenvalue weighted by Crippen LogP contribution is -2.30. The van der Waals surface area contributed by atoms with E-state index in [1.165, 1.54) is 32.1 Å². The number of hydrogen-bond donors (Lipinski definition) is 1. The minimum Gasteiger partial charge on any atom is -0.352 e. The van der Waals surface area contributed by atoms with Crippen LogP contribution in [-0.4, -0.2) is 12.5 Å². The molecule has 0 spiro atoms. The van der Waals surface area contributed by atoms with Gasteiger partial charge in [0, 0.05) is 15.1 Å². The molecule has 0 unspecified atom stereocenters. The number of carbonyl (C=O) groups excluding carboxylic acids is 1. The van der Waals surface area contributed by atoms with Crippen molar-refractivity contribution < 1.29 is 4.79 Å². The van der Waals surface area contributed by atoms with E-state index in [9.17, 15) is 4.79 Å². The van der Waals surface area contributed by atoms with Crippen LogP contribution in [0, 0.1) is 9.49 Å². The third-order valence-corrected chi connectivity index (χ3v) is 4.62. The van der Waals surface area contributed by atoms with Gasteiger partial charge in [-0.15, -0.1) is 0 Å². The van der Waals surface area contributed by atoms with Crippen molar-refractivity contribution in [2.45, 2.75) is 32.1 Å². The van der Waals surface area contributed by atoms with E-state index in [2.05, 4.69) is 27.9 Å². The van der Waals surface area contributed by atoms with Gasteiger partial charge in [-0.25, -0.2) is 0 Å². The van der Waals surface area contributed by atoms with Crippen molar-refractivity contribution in [2.75, 3.05) is 6.54 Å². The largest absolute Gasteiger partial charge is 0.352 e. The molecule has 2 nitrogen and oxygen atoms in total. The van der Waals surface area contributed by atoms with Gasteiger partial charge < -0.3 is 5.32 Å². The topological polar surface area (TPSA) is 29.1 Å². The maximum absolute atomic E-state index is 12.1. The van der Waals surface area contributed by atoms with Crippen LogP contribution in [0.1, 0.15) is 42.5 Å². The van der Waals surface area contributed by atoms with Crippen LogP contribution in [0.2, 0.25) is 5.02 Å². The van der Waals surface area contributed by atoms with E-state index < -0.39 is 0 Å². The first kappa shape index (κ1) is 14.1. The van der Waals surface area contributed by atoms with Crippen molar-refractivity contribution in [2.24, 2.45) is 5.92 Å². The monoisotopic (exact) mass is 377 g/mol. The highest BCUT2D eigenvalue weighted by atomic mass is 127. The molecule has 18 heavy (non-hydrogen) atoms. The second-order valence-electron chi connectivity index (χ2n) is 4.84. The molecule has 1 aliphatic rings. The zero-order chi connectivity index (χ0) is 13.0. The van der Waals surface area contributed by atoms with Gasteiger partial charge in [0.05, 0.1) is 5.56 Å². The summed E-state index contributed by atoms with van der Waals surface area (Å²) < 4.78 is 0.943. The molecule has 0 atom stereocenters. The van der Waals surface area contributed by atoms with E-state index in [0.717, 1.165) is 10.1 Å². The summed E-state index contributed by atoms with van der Waals surface area (Å²) in [4.78, 5) is 12.1. The van der Waals surface area contributed by atoms with Crippen LogP contribution in [0.15, 0.2) is 18.2 Å². The van der Waals surface area contributed by atoms with E-state index >= 15 is 0 Å². The summed E-state index contributed by atoms with van der Waals surface area (Å²) in [6.45, 7) is 0.793. The minimum absolute atomic E-state index is 0.00697. The number of nitrogens with one attached hydrogen (secondary N) is 1. The molecule has 1 aromatic carbocycles. The fourth-order valence-corrected chi connectivity index (χ4v) is 3.15. The van der Waals surface area contributed by atoms with E-state index in [1.807, 2.05) is 6.07 Å². The molecular formula is C14H17ClINO. The molecule has 1 fully saturated rings. The number of amides is 1. The Balaban J connectivity index is 1.92. The lowest BCUT2D eigenvalue weighted by molar-refractivity contribution is 0.0942. The normalized spacial score (nSPS) is 16.6. The zero-order valence-electron chi connectivity index (χ0n) is 10.2. The molecule has 0 aromatic heterocycles. The van der Waals surface area contributed by atoms with Crippen molar-refractivity contribution in [1.29, 1.82) is 0 Å². The molecular weight excluding hydrogens is 361 g/mol. The maximum Gasteiger partial charge on any atom is 0.252 e. The second kappa shape index (κ2) is 6.75. The molecule has 1 aromatic rings. The first-order valence-electron chi connectivity index (χ1n) is 6.40. The Bertz CT molecular complexity index is 430. The van der Waals surface area contributed by atoms with Gasteiger partial charge in [0.1, 0.15) is 0 Å². The lowest BCUT2D eigenvalue weighted by atomic mass is 9.89. The average Bonchev–Trinajstić information content (AvgIpc) is 2.40. The molecule has 4 heteroatoms. The van der Waals surface area contributed by atoms with E-state index in [4.69, 9.17) is 11.6 Å². The highest BCUT2D eigenvalue weighted by molar-refractivity contribution is 14.1. The summed E-state index contributed by atoms with van der Waals surface area (Å²) in [5, 5.41) is 3.64. The van der Waals surface area contributed by atoms with Crippen molar-refractivity contribution in [3.8, 4) is 0 Å². The smallest absolute Gasteiger partial charge is 0.252 e. The molecule has 0 aliphatic heterocycles. The van der Waals surface area contributed by atoms with Crippen molar-refractivity contribution in [3.63, 3.8) is 0 Å². The Morgan fingerprint density at radius 2 is 2.06 bits per heavy atom. The highest BCUT2D eigenvalue weighted by Gasteiger charge is 2.16. The minimum atomic E-state index is -0.00697. The molecule has 1 aliphatic carbocycles. The molecule has 0 heterocycles. The van der Waals surface area contributed by atoms with Crippen LogP contribution in [0.4, 0.5) is 0 Å². The first-order chi connectivity index (χ1) is 8.66. The fourth-order valence-electron chi connectivity index (χ4n) is 2.40. The van der Waals surface area contributed by atoms with Gasteiger partial charge in [-0.3, -0.25) is 4.79 Å². The predicted molar refractivity (Wildman–Crippen MR) is 83.1 cm³/mol. The molecule has 0 bridgehead atoms. The zero-order valence-corrected chi connectivity index (χ0v) is 13.1. The molecule has 0 radical (unpaired) electrons. The molecule has 98 valence electrons. The molecule has 2 rings (SSSR count). The quantitative estimate of drug-likeness (QED) is 0.784. The van der Waals surface area contributed by atoms with Crippen LogP contribution < -0.4 is 5.32 Å². The number of hydrogen-bond acceptors (Lipinski definition) is 1. The van der Waals surface area contributed by atoms with E-state index in [-0.39, 0.29) is 5.91 Å². The number of halogens is 2. The van der Waals surface area contributed by atoms with Crippen LogP contribution in [0.5, 0.6) is 0 Å². The third-order valence-electron chi connectivity index (χ3n) is 3.45. The molecule has 1 N–H and O–H groups in total. The Kier molecular flexibility index (Phi) is 5.30. The molecule has 0 saturated heterocycles. The summed E-state index contributed by atoms with van der Waals surface area (Å²) in [6.07, 6.45) is 6.43. The standard InChI is InChI=1S/C14H17ClINO/c15-11-6-7-13(16)12(8-11)14(18)17-9-10-4-2-1-3-5-10/h6-8,10H,1-5,9H2,(H,17,18). The summed E-state index contributed by atoms with van der Waals surface area (Å²) in [7, 11) is 0. The van der Waals surface area contributed by atoms with Gasteiger partial charge in [0.15, 0.2) is 0 Å². The number of carbonyl (C=O) groups is 1. The molecule has 1 amide bonds. The number of rotatable bonds is 3. The molecule has 1 saturated carbocycles. The fraction of sp³-hybridized carbons (Fsp3) is 0.500. The van der Waals surface area contributed by atoms with E-state index in [0.29, 0.717) is 16.5 Å². The van der Waals surface area contributed by atoms with Gasteiger partial charge in [0.25, 0.3) is 5.91 Å². The Labute approximate surface area is 127 Å². The SMILES string of the molecule is O=C(NCC1CCCCC1)c1cc(Cl)ccc1I. The summed E-state index contributed by atoms with van der Waals surface area (Å²) in [5.74, 6) is 0.645. The Hall–Kier alpha value is -0.290. The van der Waals surface area contributed by atoms with Crippen LogP contribution in [0.25, 0.3) is 0 Å². The van der Waals surface area contributed by atoms with Gasteiger partial charge in [-0.2, -0.15) is 0 Å². The van der Waals surface area contributed by atoms with Crippen LogP contribution in [0.3, 0.4) is 0 Å². The average molecular weight is 378 g/mol. The van der Waals surface area contributed by atoms with Crippen LogP contribution in [-0.2, 0) is 0 Å². The van der Waals surface area contributed by atoms with E-state index in [1.54, 1.807) is 12.1 Å². The van der Waals surface area contributed by atoms with Crippen LogP contribution >= 0.6 is 34.2 Å². The van der Waals surface area contributed by atoms with Gasteiger partial charge >= 0.3 is 0 Å². The van der Waals surface area contributed by atoms with Gasteiger partial charge in [-0.1, -0.05) is 30.9 Å². The third kappa shape index (κ3) is 3.85. The van der Waals surface area contributed by atoms with Crippen molar-refractivity contribution in [1.82, 2.24) is 5.32 Å². The van der Waals surface area contributed by atoms with Gasteiger partial charge in [0.2, 0.25) is 0 Å². The first-order valence-corrected chi connectivity index (χ1v) is 7.86. The second-order valence-corrected chi connectivity index (χ2v) is 6.44. The summed E-state index contributed by atoms with van der Waals surface area (Å²) >= 11 is 8.09. The lowest BCUT2D eigenvalue weighted by Gasteiger charge is -2.21. The Morgan fingerprint density at radius 1 is 1.33 bits per heavy atom. The summed E-state index contributed by atoms with van der Waals surface area (Å²) in [6, 6.07) is 5.42. The number of benzene rings is 1. The predicted octanol–water partition coefficient (Wildman–Crippen LogP) is 4.25. The summed E-state index contributed by atoms with van der Waals surface area (Å²) in [5.41, 5.74) is 0.680. The maximum atomic E-state index is 12.1. The Morgan fingerprint density at radius 3 is 2.78 bits per heavy atom. The van der Waals surface area contributed by atoms with Crippen molar-refractivity contribution >= 4 is 40.1 Å².